The van der Waals surface area contributed by atoms with Gasteiger partial charge in [0.15, 0.2) is 0 Å². The van der Waals surface area contributed by atoms with Gasteiger partial charge in [-0.1, -0.05) is 6.07 Å². The van der Waals surface area contributed by atoms with Crippen LogP contribution in [0.4, 0.5) is 0 Å². The lowest BCUT2D eigenvalue weighted by atomic mass is 10.1. The van der Waals surface area contributed by atoms with Crippen molar-refractivity contribution in [3.8, 4) is 11.8 Å². The van der Waals surface area contributed by atoms with Crippen molar-refractivity contribution in [2.45, 2.75) is 6.42 Å². The lowest BCUT2D eigenvalue weighted by Crippen LogP contribution is -1.79. The highest BCUT2D eigenvalue weighted by molar-refractivity contribution is 9.11. The van der Waals surface area contributed by atoms with E-state index in [9.17, 15) is 5.11 Å². The SMILES string of the molecule is N#CCc1ccc2sc(Br)c(O)c2c1. The highest BCUT2D eigenvalue weighted by Crippen LogP contribution is 2.40. The van der Waals surface area contributed by atoms with Crippen LogP contribution < -0.4 is 0 Å². The second kappa shape index (κ2) is 3.60. The quantitative estimate of drug-likeness (QED) is 0.861. The Hall–Kier alpha value is -1.05. The minimum Gasteiger partial charge on any atom is -0.505 e. The van der Waals surface area contributed by atoms with Crippen LogP contribution >= 0.6 is 27.3 Å². The van der Waals surface area contributed by atoms with Crippen LogP contribution in [0.5, 0.6) is 5.75 Å². The molecule has 0 unspecified atom stereocenters. The van der Waals surface area contributed by atoms with Gasteiger partial charge in [0, 0.05) is 10.1 Å². The zero-order valence-corrected chi connectivity index (χ0v) is 9.52. The van der Waals surface area contributed by atoms with Crippen LogP contribution in [0.1, 0.15) is 5.56 Å². The number of thiophene rings is 1. The van der Waals surface area contributed by atoms with Crippen LogP contribution in [0.3, 0.4) is 0 Å². The summed E-state index contributed by atoms with van der Waals surface area (Å²) in [5.41, 5.74) is 0.931. The Morgan fingerprint density at radius 3 is 3.00 bits per heavy atom. The van der Waals surface area contributed by atoms with Gasteiger partial charge < -0.3 is 5.11 Å². The van der Waals surface area contributed by atoms with E-state index in [0.717, 1.165) is 19.4 Å². The standard InChI is InChI=1S/C10H6BrNOS/c11-10-9(13)7-5-6(3-4-12)1-2-8(7)14-10/h1-2,5,13H,3H2. The smallest absolute Gasteiger partial charge is 0.148 e. The molecule has 1 aromatic carbocycles. The van der Waals surface area contributed by atoms with E-state index >= 15 is 0 Å². The summed E-state index contributed by atoms with van der Waals surface area (Å²) in [5, 5.41) is 19.0. The third-order valence-electron chi connectivity index (χ3n) is 1.97. The normalized spacial score (nSPS) is 10.3. The van der Waals surface area contributed by atoms with Crippen LogP contribution in [0, 0.1) is 11.3 Å². The van der Waals surface area contributed by atoms with Crippen molar-refractivity contribution >= 4 is 37.4 Å². The number of nitriles is 1. The number of fused-ring (bicyclic) bond motifs is 1. The van der Waals surface area contributed by atoms with Gasteiger partial charge >= 0.3 is 0 Å². The maximum absolute atomic E-state index is 9.67. The fraction of sp³-hybridized carbons (Fsp3) is 0.100. The average molecular weight is 268 g/mol. The predicted octanol–water partition coefficient (Wildman–Crippen LogP) is 3.44. The Morgan fingerprint density at radius 2 is 2.29 bits per heavy atom. The fourth-order valence-electron chi connectivity index (χ4n) is 1.30. The molecule has 2 nitrogen and oxygen atoms in total. The molecule has 0 saturated carbocycles. The molecule has 4 heteroatoms. The van der Waals surface area contributed by atoms with Gasteiger partial charge in [-0.3, -0.25) is 0 Å². The summed E-state index contributed by atoms with van der Waals surface area (Å²) in [6.45, 7) is 0. The molecule has 0 saturated heterocycles. The lowest BCUT2D eigenvalue weighted by molar-refractivity contribution is 0.481. The first-order chi connectivity index (χ1) is 6.72. The Bertz CT molecular complexity index is 527. The molecule has 0 aliphatic carbocycles. The van der Waals surface area contributed by atoms with E-state index in [2.05, 4.69) is 22.0 Å². The van der Waals surface area contributed by atoms with Gasteiger partial charge in [0.1, 0.15) is 9.54 Å². The van der Waals surface area contributed by atoms with Gasteiger partial charge in [-0.25, -0.2) is 0 Å². The maximum atomic E-state index is 9.67. The first-order valence-electron chi connectivity index (χ1n) is 3.99. The van der Waals surface area contributed by atoms with Crippen LogP contribution in [0.15, 0.2) is 22.0 Å². The zero-order valence-electron chi connectivity index (χ0n) is 7.12. The summed E-state index contributed by atoms with van der Waals surface area (Å²) in [6.07, 6.45) is 0.378. The van der Waals surface area contributed by atoms with Gasteiger partial charge in [-0.05, 0) is 33.6 Å². The number of nitrogens with zero attached hydrogens (tertiary/aromatic N) is 1. The van der Waals surface area contributed by atoms with Crippen molar-refractivity contribution < 1.29 is 5.11 Å². The zero-order chi connectivity index (χ0) is 10.1. The molecule has 0 spiro atoms. The predicted molar refractivity (Wildman–Crippen MR) is 60.5 cm³/mol. The van der Waals surface area contributed by atoms with E-state index in [1.54, 1.807) is 0 Å². The highest BCUT2D eigenvalue weighted by atomic mass is 79.9. The summed E-state index contributed by atoms with van der Waals surface area (Å²) in [6, 6.07) is 7.78. The summed E-state index contributed by atoms with van der Waals surface area (Å²) >= 11 is 4.76. The number of rotatable bonds is 1. The van der Waals surface area contributed by atoms with E-state index < -0.39 is 0 Å². The molecular formula is C10H6BrNOS. The first kappa shape index (κ1) is 9.50. The summed E-state index contributed by atoms with van der Waals surface area (Å²) in [5.74, 6) is 0.268. The fourth-order valence-corrected chi connectivity index (χ4v) is 2.84. The van der Waals surface area contributed by atoms with Gasteiger partial charge in [0.25, 0.3) is 0 Å². The van der Waals surface area contributed by atoms with Crippen molar-refractivity contribution in [1.82, 2.24) is 0 Å². The first-order valence-corrected chi connectivity index (χ1v) is 5.60. The van der Waals surface area contributed by atoms with Crippen molar-refractivity contribution in [1.29, 1.82) is 5.26 Å². The molecule has 0 fully saturated rings. The lowest BCUT2D eigenvalue weighted by Gasteiger charge is -1.95. The number of halogens is 1. The molecule has 0 amide bonds. The Balaban J connectivity index is 2.65. The molecule has 0 bridgehead atoms. The van der Waals surface area contributed by atoms with Crippen LogP contribution in [0.25, 0.3) is 10.1 Å². The van der Waals surface area contributed by atoms with E-state index in [1.807, 2.05) is 18.2 Å². The van der Waals surface area contributed by atoms with Crippen LogP contribution in [0.2, 0.25) is 0 Å². The number of hydrogen-bond acceptors (Lipinski definition) is 3. The van der Waals surface area contributed by atoms with Crippen molar-refractivity contribution in [3.63, 3.8) is 0 Å². The number of hydrogen-bond donors (Lipinski definition) is 1. The molecule has 2 rings (SSSR count). The van der Waals surface area contributed by atoms with E-state index in [1.165, 1.54) is 11.3 Å². The molecule has 0 radical (unpaired) electrons. The van der Waals surface area contributed by atoms with E-state index in [0.29, 0.717) is 6.42 Å². The van der Waals surface area contributed by atoms with Crippen molar-refractivity contribution in [3.05, 3.63) is 27.5 Å². The largest absolute Gasteiger partial charge is 0.505 e. The Labute approximate surface area is 93.5 Å². The van der Waals surface area contributed by atoms with Crippen LogP contribution in [-0.4, -0.2) is 5.11 Å². The molecule has 0 aliphatic rings. The molecule has 1 N–H and O–H groups in total. The minimum absolute atomic E-state index is 0.268. The third kappa shape index (κ3) is 1.49. The maximum Gasteiger partial charge on any atom is 0.148 e. The molecule has 70 valence electrons. The summed E-state index contributed by atoms with van der Waals surface area (Å²) < 4.78 is 1.76. The molecule has 1 heterocycles. The number of aromatic hydroxyl groups is 1. The van der Waals surface area contributed by atoms with Gasteiger partial charge in [0.2, 0.25) is 0 Å². The molecule has 0 aliphatic heterocycles. The Morgan fingerprint density at radius 1 is 1.50 bits per heavy atom. The average Bonchev–Trinajstić information content (AvgIpc) is 2.45. The van der Waals surface area contributed by atoms with Crippen molar-refractivity contribution in [2.75, 3.05) is 0 Å². The topological polar surface area (TPSA) is 44.0 Å². The summed E-state index contributed by atoms with van der Waals surface area (Å²) in [4.78, 5) is 0. The van der Waals surface area contributed by atoms with Gasteiger partial charge in [0.05, 0.1) is 12.5 Å². The molecule has 1 aromatic heterocycles. The minimum atomic E-state index is 0.268. The highest BCUT2D eigenvalue weighted by Gasteiger charge is 2.08. The summed E-state index contributed by atoms with van der Waals surface area (Å²) in [7, 11) is 0. The second-order valence-corrected chi connectivity index (χ2v) is 5.26. The van der Waals surface area contributed by atoms with Gasteiger partial charge in [-0.15, -0.1) is 11.3 Å². The molecular weight excluding hydrogens is 262 g/mol. The van der Waals surface area contributed by atoms with E-state index in [-0.39, 0.29) is 5.75 Å². The number of benzene rings is 1. The van der Waals surface area contributed by atoms with Gasteiger partial charge in [-0.2, -0.15) is 5.26 Å². The van der Waals surface area contributed by atoms with Crippen LogP contribution in [-0.2, 0) is 6.42 Å². The Kier molecular flexibility index (Phi) is 2.44. The van der Waals surface area contributed by atoms with E-state index in [4.69, 9.17) is 5.26 Å². The third-order valence-corrected chi connectivity index (χ3v) is 3.78. The molecule has 2 aromatic rings. The van der Waals surface area contributed by atoms with Crippen molar-refractivity contribution in [2.24, 2.45) is 0 Å². The molecule has 14 heavy (non-hydrogen) atoms. The second-order valence-electron chi connectivity index (χ2n) is 2.89. The monoisotopic (exact) mass is 267 g/mol. The molecule has 0 atom stereocenters.